The zero-order valence-electron chi connectivity index (χ0n) is 40.5. The molecule has 0 radical (unpaired) electrons. The molecular weight excluding hydrogens is 908 g/mol. The molecule has 1 aliphatic heterocycles. The molecule has 1 heterocycles. The Bertz CT molecular complexity index is 2110. The van der Waals surface area contributed by atoms with Crippen molar-refractivity contribution >= 4 is 64.1 Å². The summed E-state index contributed by atoms with van der Waals surface area (Å²) in [7, 11) is 0.0879. The molecule has 5 rings (SSSR count). The monoisotopic (exact) mass is 983 g/mol. The number of nitrogens with zero attached hydrogens (tertiary/aromatic N) is 4. The summed E-state index contributed by atoms with van der Waals surface area (Å²) in [4.78, 5) is 41.8. The first-order chi connectivity index (χ1) is 33.3. The zero-order chi connectivity index (χ0) is 49.5. The molecule has 4 aromatic rings. The Hall–Kier alpha value is -5.21. The molecule has 1 fully saturated rings. The number of carboxylic acids is 3. The molecule has 0 spiro atoms. The fourth-order valence-electron chi connectivity index (χ4n) is 9.62. The summed E-state index contributed by atoms with van der Waals surface area (Å²) in [6.45, 7) is 6.37. The Balaban J connectivity index is 1.08. The first-order valence-corrected chi connectivity index (χ1v) is 26.9. The van der Waals surface area contributed by atoms with Crippen LogP contribution in [0.4, 0.5) is 5.69 Å². The number of hydrogen-bond donors (Lipinski definition) is 6. The van der Waals surface area contributed by atoms with Gasteiger partial charge < -0.3 is 35.5 Å². The second-order valence-corrected chi connectivity index (χ2v) is 22.7. The Morgan fingerprint density at radius 3 is 1.58 bits per heavy atom. The van der Waals surface area contributed by atoms with Gasteiger partial charge in [0.25, 0.3) is 0 Å². The van der Waals surface area contributed by atoms with Crippen LogP contribution in [0.15, 0.2) is 128 Å². The van der Waals surface area contributed by atoms with Gasteiger partial charge in [0.05, 0.1) is 51.7 Å². The number of aliphatic hydroxyl groups is 1. The summed E-state index contributed by atoms with van der Waals surface area (Å²) < 4.78 is 0.0773. The number of anilines is 1. The third-order valence-electron chi connectivity index (χ3n) is 13.3. The van der Waals surface area contributed by atoms with E-state index in [-0.39, 0.29) is 49.0 Å². The third-order valence-corrected chi connectivity index (χ3v) is 18.1. The molecule has 0 bridgehead atoms. The van der Waals surface area contributed by atoms with Gasteiger partial charge in [-0.2, -0.15) is 0 Å². The van der Waals surface area contributed by atoms with Gasteiger partial charge in [-0.3, -0.25) is 24.3 Å². The van der Waals surface area contributed by atoms with Gasteiger partial charge in [0.1, 0.15) is 29.2 Å². The SMILES string of the molecule is C=C(O)CN1CCN(CC(=O)O)CC[N+](C)(CC(=O)O)C(Cc2ccc(NC(=S)NCCCCCCCCCC[P+](c3ccccc3)(c3ccccc3)c3ccccc3)cc2)CN(CC(=O)O)CC1. The number of carboxylic acid groups (broad SMARTS) is 3. The van der Waals surface area contributed by atoms with Crippen molar-refractivity contribution in [2.45, 2.75) is 63.8 Å². The van der Waals surface area contributed by atoms with Crippen LogP contribution in [0.5, 0.6) is 0 Å². The van der Waals surface area contributed by atoms with E-state index >= 15 is 0 Å². The number of carbonyl (C=O) groups is 3. The lowest BCUT2D eigenvalue weighted by atomic mass is 10.0. The Kier molecular flexibility index (Phi) is 22.6. The van der Waals surface area contributed by atoms with Gasteiger partial charge >= 0.3 is 17.9 Å². The van der Waals surface area contributed by atoms with Gasteiger partial charge in [-0.15, -0.1) is 0 Å². The van der Waals surface area contributed by atoms with Crippen LogP contribution in [0.1, 0.15) is 56.9 Å². The van der Waals surface area contributed by atoms with Crippen LogP contribution in [0.25, 0.3) is 0 Å². The van der Waals surface area contributed by atoms with Gasteiger partial charge in [-0.05, 0) is 85.6 Å². The predicted molar refractivity (Wildman–Crippen MR) is 285 cm³/mol. The number of benzene rings is 4. The minimum atomic E-state index is -1.78. The number of nitrogens with one attached hydrogen (secondary N) is 2. The number of likely N-dealkylation sites (N-methyl/N-ethyl adjacent to an activating group) is 1. The molecular formula is C54H75N6O7PS+2. The van der Waals surface area contributed by atoms with Crippen molar-refractivity contribution in [3.8, 4) is 0 Å². The number of thiocarbonyl (C=S) groups is 1. The highest BCUT2D eigenvalue weighted by molar-refractivity contribution is 7.95. The zero-order valence-corrected chi connectivity index (χ0v) is 42.2. The largest absolute Gasteiger partial charge is 0.512 e. The minimum Gasteiger partial charge on any atom is -0.512 e. The van der Waals surface area contributed by atoms with E-state index in [9.17, 15) is 34.8 Å². The summed E-state index contributed by atoms with van der Waals surface area (Å²) in [6, 6.07) is 40.9. The van der Waals surface area contributed by atoms with E-state index in [1.165, 1.54) is 60.6 Å². The maximum Gasteiger partial charge on any atom is 0.359 e. The van der Waals surface area contributed by atoms with Crippen LogP contribution in [0, 0.1) is 0 Å². The molecule has 0 saturated carbocycles. The van der Waals surface area contributed by atoms with Crippen LogP contribution in [0.3, 0.4) is 0 Å². The van der Waals surface area contributed by atoms with Crippen LogP contribution < -0.4 is 26.5 Å². The van der Waals surface area contributed by atoms with Gasteiger partial charge in [0.2, 0.25) is 0 Å². The summed E-state index contributed by atoms with van der Waals surface area (Å²) in [6.07, 6.45) is 11.1. The average molecular weight is 983 g/mol. The molecule has 0 aromatic heterocycles. The van der Waals surface area contributed by atoms with E-state index < -0.39 is 25.2 Å². The Morgan fingerprint density at radius 1 is 0.623 bits per heavy atom. The second-order valence-electron chi connectivity index (χ2n) is 18.7. The van der Waals surface area contributed by atoms with E-state index in [2.05, 4.69) is 108 Å². The van der Waals surface area contributed by atoms with Crippen molar-refractivity contribution in [3.05, 3.63) is 133 Å². The van der Waals surface area contributed by atoms with E-state index in [1.54, 1.807) is 4.90 Å². The quantitative estimate of drug-likeness (QED) is 0.0137. The molecule has 372 valence electrons. The first-order valence-electron chi connectivity index (χ1n) is 24.5. The Morgan fingerprint density at radius 2 is 1.09 bits per heavy atom. The summed E-state index contributed by atoms with van der Waals surface area (Å²) in [5.41, 5.74) is 1.76. The average Bonchev–Trinajstić information content (AvgIpc) is 3.32. The van der Waals surface area contributed by atoms with E-state index in [4.69, 9.17) is 12.2 Å². The standard InChI is InChI=1S/C54H73N6O7PS/c1-44(61)39-57-31-32-58(41-51(62)63)35-36-60(2,43-53(66)67)47(40-59(34-33-57)42-52(64)65)38-45-26-28-46(29-27-45)56-54(69)55-30-18-7-5-3-4-6-8-19-37-68(48-20-12-9-13-21-48,49-22-14-10-15-23-49)50-24-16-11-17-25-50/h9-17,20-29,47H,1,3-8,18-19,30-43H2,2H3,(H4-2,55,56,61,62,63,64,65,66,67,69)/p+2. The number of quaternary nitrogens is 1. The van der Waals surface area contributed by atoms with E-state index in [1.807, 2.05) is 41.1 Å². The van der Waals surface area contributed by atoms with Gasteiger partial charge in [-0.25, -0.2) is 4.79 Å². The van der Waals surface area contributed by atoms with Crippen LogP contribution in [-0.2, 0) is 20.8 Å². The highest BCUT2D eigenvalue weighted by Gasteiger charge is 2.44. The lowest BCUT2D eigenvalue weighted by molar-refractivity contribution is -0.925. The third kappa shape index (κ3) is 18.2. The topological polar surface area (TPSA) is 166 Å². The first kappa shape index (κ1) is 54.7. The van der Waals surface area contributed by atoms with E-state index in [0.29, 0.717) is 50.8 Å². The van der Waals surface area contributed by atoms with Crippen LogP contribution in [0.2, 0.25) is 0 Å². The fourth-order valence-corrected chi connectivity index (χ4v) is 14.3. The van der Waals surface area contributed by atoms with Gasteiger partial charge in [0, 0.05) is 51.4 Å². The molecule has 1 saturated heterocycles. The van der Waals surface area contributed by atoms with Crippen molar-refractivity contribution in [1.29, 1.82) is 0 Å². The molecule has 0 amide bonds. The number of aliphatic carboxylic acids is 3. The number of aliphatic hydroxyl groups excluding tert-OH is 1. The molecule has 6 N–H and O–H groups in total. The minimum absolute atomic E-state index is 0.0378. The van der Waals surface area contributed by atoms with Crippen molar-refractivity contribution in [2.75, 3.05) is 97.1 Å². The van der Waals surface area contributed by atoms with Crippen LogP contribution >= 0.6 is 19.5 Å². The van der Waals surface area contributed by atoms with Gasteiger partial charge in [-0.1, -0.05) is 105 Å². The normalized spacial score (nSPS) is 17.8. The highest BCUT2D eigenvalue weighted by Crippen LogP contribution is 2.56. The smallest absolute Gasteiger partial charge is 0.359 e. The maximum absolute atomic E-state index is 12.4. The maximum atomic E-state index is 12.4. The van der Waals surface area contributed by atoms with Crippen molar-refractivity contribution in [3.63, 3.8) is 0 Å². The number of rotatable bonds is 25. The fraction of sp³-hybridized carbons (Fsp3) is 0.444. The highest BCUT2D eigenvalue weighted by atomic mass is 32.1. The molecule has 69 heavy (non-hydrogen) atoms. The van der Waals surface area contributed by atoms with Crippen molar-refractivity contribution in [2.24, 2.45) is 0 Å². The van der Waals surface area contributed by atoms with Crippen molar-refractivity contribution < 1.29 is 39.3 Å². The van der Waals surface area contributed by atoms with Crippen molar-refractivity contribution in [1.82, 2.24) is 20.0 Å². The second kappa shape index (κ2) is 28.5. The lowest BCUT2D eigenvalue weighted by Crippen LogP contribution is -2.62. The van der Waals surface area contributed by atoms with E-state index in [0.717, 1.165) is 30.6 Å². The number of hydrogen-bond acceptors (Lipinski definition) is 8. The molecule has 0 aliphatic carbocycles. The molecule has 1 aliphatic rings. The van der Waals surface area contributed by atoms with Gasteiger partial charge in [0.15, 0.2) is 11.7 Å². The molecule has 13 nitrogen and oxygen atoms in total. The number of unbranched alkanes of at least 4 members (excludes halogenated alkanes) is 7. The summed E-state index contributed by atoms with van der Waals surface area (Å²) >= 11 is 5.64. The Labute approximate surface area is 415 Å². The molecule has 2 unspecified atom stereocenters. The molecule has 4 aromatic carbocycles. The molecule has 2 atom stereocenters. The predicted octanol–water partition coefficient (Wildman–Crippen LogP) is 6.69. The summed E-state index contributed by atoms with van der Waals surface area (Å²) in [5, 5.41) is 51.2. The summed E-state index contributed by atoms with van der Waals surface area (Å²) in [5.74, 6) is -3.01. The lowest BCUT2D eigenvalue weighted by Gasteiger charge is -2.44. The molecule has 15 heteroatoms. The van der Waals surface area contributed by atoms with Crippen LogP contribution in [-0.4, -0.2) is 160 Å².